The van der Waals surface area contributed by atoms with Crippen molar-refractivity contribution in [1.29, 1.82) is 0 Å². The molecule has 0 bridgehead atoms. The lowest BCUT2D eigenvalue weighted by atomic mass is 10.0. The number of carbonyl (C=O) groups excluding carboxylic acids is 1. The van der Waals surface area contributed by atoms with Crippen molar-refractivity contribution < 1.29 is 9.53 Å². The summed E-state index contributed by atoms with van der Waals surface area (Å²) in [5.41, 5.74) is 11.3. The number of nitrogens with one attached hydrogen (secondary N) is 2. The van der Waals surface area contributed by atoms with E-state index in [0.29, 0.717) is 12.6 Å². The normalized spacial score (nSPS) is 14.3. The van der Waals surface area contributed by atoms with Gasteiger partial charge in [-0.15, -0.1) is 0 Å². The van der Waals surface area contributed by atoms with Crippen molar-refractivity contribution >= 4 is 39.6 Å². The van der Waals surface area contributed by atoms with E-state index in [-0.39, 0.29) is 11.9 Å². The van der Waals surface area contributed by atoms with Gasteiger partial charge in [0.05, 0.1) is 19.2 Å². The molecule has 2 aromatic heterocycles. The fourth-order valence-electron chi connectivity index (χ4n) is 5.51. The molecule has 2 aromatic carbocycles. The Labute approximate surface area is 229 Å². The third kappa shape index (κ3) is 5.78. The van der Waals surface area contributed by atoms with Crippen LogP contribution < -0.4 is 21.1 Å². The Morgan fingerprint density at radius 3 is 2.69 bits per heavy atom. The van der Waals surface area contributed by atoms with Gasteiger partial charge < -0.3 is 30.6 Å². The lowest BCUT2D eigenvalue weighted by Crippen LogP contribution is -2.43. The summed E-state index contributed by atoms with van der Waals surface area (Å²) >= 11 is 0. The molecule has 0 aliphatic carbocycles. The van der Waals surface area contributed by atoms with Crippen LogP contribution in [0.4, 0.5) is 11.8 Å². The molecule has 1 aliphatic rings. The van der Waals surface area contributed by atoms with Gasteiger partial charge >= 0.3 is 0 Å². The van der Waals surface area contributed by atoms with Gasteiger partial charge in [0.25, 0.3) is 0 Å². The second kappa shape index (κ2) is 11.9. The van der Waals surface area contributed by atoms with E-state index in [0.717, 1.165) is 90.9 Å². The molecule has 5 rings (SSSR count). The number of hydrogen-bond acceptors (Lipinski definition) is 7. The van der Waals surface area contributed by atoms with E-state index in [1.807, 2.05) is 23.1 Å². The SMILES string of the molecule is CCCCNc1nc(N)nc2c3ccccc3n(Cc3cc(CNC4CCN(C(C)=O)CC4)ccc3OC)c12. The van der Waals surface area contributed by atoms with Crippen LogP contribution in [-0.4, -0.2) is 58.1 Å². The van der Waals surface area contributed by atoms with E-state index in [1.54, 1.807) is 14.0 Å². The second-order valence-electron chi connectivity index (χ2n) is 10.3. The van der Waals surface area contributed by atoms with E-state index in [4.69, 9.17) is 10.5 Å². The standard InChI is InChI=1S/C30H39N7O2/c1-4-5-14-32-29-28-27(34-30(31)35-29)24-8-6-7-9-25(24)37(28)19-22-17-21(10-11-26(22)39-3)18-33-23-12-15-36(16-13-23)20(2)38/h6-11,17,23,33H,4-5,12-16,18-19H2,1-3H3,(H3,31,32,34,35). The molecule has 0 atom stereocenters. The first-order valence-corrected chi connectivity index (χ1v) is 13.9. The van der Waals surface area contributed by atoms with Gasteiger partial charge in [-0.3, -0.25) is 4.79 Å². The Hall–Kier alpha value is -3.85. The third-order valence-electron chi connectivity index (χ3n) is 7.65. The fraction of sp³-hybridized carbons (Fsp3) is 0.433. The highest BCUT2D eigenvalue weighted by Crippen LogP contribution is 2.34. The van der Waals surface area contributed by atoms with Crippen LogP contribution in [0.3, 0.4) is 0 Å². The number of nitrogens with zero attached hydrogens (tertiary/aromatic N) is 4. The number of amides is 1. The minimum absolute atomic E-state index is 0.162. The van der Waals surface area contributed by atoms with Gasteiger partial charge in [0, 0.05) is 50.1 Å². The Morgan fingerprint density at radius 2 is 1.95 bits per heavy atom. The molecule has 9 heteroatoms. The highest BCUT2D eigenvalue weighted by atomic mass is 16.5. The van der Waals surface area contributed by atoms with Crippen molar-refractivity contribution in [2.24, 2.45) is 0 Å². The summed E-state index contributed by atoms with van der Waals surface area (Å²) in [5.74, 6) is 2.03. The van der Waals surface area contributed by atoms with Crippen LogP contribution in [0, 0.1) is 0 Å². The van der Waals surface area contributed by atoms with Crippen LogP contribution >= 0.6 is 0 Å². The zero-order valence-corrected chi connectivity index (χ0v) is 23.2. The first-order chi connectivity index (χ1) is 19.0. The van der Waals surface area contributed by atoms with Crippen LogP contribution in [0.2, 0.25) is 0 Å². The molecule has 3 heterocycles. The summed E-state index contributed by atoms with van der Waals surface area (Å²) in [6, 6.07) is 15.1. The molecule has 0 unspecified atom stereocenters. The molecule has 0 radical (unpaired) electrons. The van der Waals surface area contributed by atoms with E-state index in [2.05, 4.69) is 56.4 Å². The average molecular weight is 530 g/mol. The van der Waals surface area contributed by atoms with Crippen LogP contribution in [0.15, 0.2) is 42.5 Å². The molecule has 1 fully saturated rings. The number of piperidine rings is 1. The number of nitrogen functional groups attached to an aromatic ring is 1. The van der Waals surface area contributed by atoms with E-state index >= 15 is 0 Å². The zero-order chi connectivity index (χ0) is 27.4. The number of aromatic nitrogens is 3. The van der Waals surface area contributed by atoms with Gasteiger partial charge in [-0.25, -0.2) is 4.98 Å². The number of unbranched alkanes of at least 4 members (excludes halogenated alkanes) is 1. The molecule has 39 heavy (non-hydrogen) atoms. The highest BCUT2D eigenvalue weighted by Gasteiger charge is 2.21. The number of nitrogens with two attached hydrogens (primary N) is 1. The molecule has 9 nitrogen and oxygen atoms in total. The van der Waals surface area contributed by atoms with Gasteiger partial charge in [0.1, 0.15) is 16.8 Å². The van der Waals surface area contributed by atoms with Crippen molar-refractivity contribution in [3.8, 4) is 5.75 Å². The number of methoxy groups -OCH3 is 1. The number of anilines is 2. The van der Waals surface area contributed by atoms with Crippen molar-refractivity contribution in [2.45, 2.75) is 58.7 Å². The van der Waals surface area contributed by atoms with Crippen LogP contribution in [0.1, 0.15) is 50.7 Å². The molecule has 1 amide bonds. The average Bonchev–Trinajstić information content (AvgIpc) is 3.25. The summed E-state index contributed by atoms with van der Waals surface area (Å²) in [4.78, 5) is 22.8. The number of hydrogen-bond donors (Lipinski definition) is 3. The lowest BCUT2D eigenvalue weighted by Gasteiger charge is -2.31. The van der Waals surface area contributed by atoms with E-state index < -0.39 is 0 Å². The third-order valence-corrected chi connectivity index (χ3v) is 7.65. The minimum Gasteiger partial charge on any atom is -0.496 e. The number of carbonyl (C=O) groups is 1. The minimum atomic E-state index is 0.162. The van der Waals surface area contributed by atoms with Gasteiger partial charge in [0.15, 0.2) is 5.82 Å². The maximum atomic E-state index is 11.7. The van der Waals surface area contributed by atoms with Crippen molar-refractivity contribution in [3.05, 3.63) is 53.6 Å². The van der Waals surface area contributed by atoms with Gasteiger partial charge in [0.2, 0.25) is 11.9 Å². The molecule has 0 saturated carbocycles. The Balaban J connectivity index is 1.45. The number of rotatable bonds is 10. The Kier molecular flexibility index (Phi) is 8.16. The van der Waals surface area contributed by atoms with E-state index in [9.17, 15) is 4.79 Å². The van der Waals surface area contributed by atoms with Crippen LogP contribution in [-0.2, 0) is 17.9 Å². The first kappa shape index (κ1) is 26.7. The number of likely N-dealkylation sites (tertiary alicyclic amines) is 1. The predicted molar refractivity (Wildman–Crippen MR) is 157 cm³/mol. The lowest BCUT2D eigenvalue weighted by molar-refractivity contribution is -0.129. The monoisotopic (exact) mass is 529 g/mol. The predicted octanol–water partition coefficient (Wildman–Crippen LogP) is 4.54. The summed E-state index contributed by atoms with van der Waals surface area (Å²) in [6.45, 7) is 7.64. The Bertz CT molecular complexity index is 1460. The van der Waals surface area contributed by atoms with Crippen molar-refractivity contribution in [2.75, 3.05) is 37.8 Å². The quantitative estimate of drug-likeness (QED) is 0.259. The number of fused-ring (bicyclic) bond motifs is 3. The van der Waals surface area contributed by atoms with Crippen LogP contribution in [0.25, 0.3) is 21.9 Å². The fourth-order valence-corrected chi connectivity index (χ4v) is 5.51. The molecule has 4 N–H and O–H groups in total. The van der Waals surface area contributed by atoms with Crippen LogP contribution in [0.5, 0.6) is 5.75 Å². The molecule has 1 aliphatic heterocycles. The maximum absolute atomic E-state index is 11.7. The molecule has 0 spiro atoms. The van der Waals surface area contributed by atoms with Crippen molar-refractivity contribution in [1.82, 2.24) is 24.8 Å². The Morgan fingerprint density at radius 1 is 1.15 bits per heavy atom. The zero-order valence-electron chi connectivity index (χ0n) is 23.2. The largest absolute Gasteiger partial charge is 0.496 e. The van der Waals surface area contributed by atoms with Gasteiger partial charge in [-0.2, -0.15) is 4.98 Å². The first-order valence-electron chi connectivity index (χ1n) is 13.9. The number of benzene rings is 2. The number of ether oxygens (including phenoxy) is 1. The molecular weight excluding hydrogens is 490 g/mol. The van der Waals surface area contributed by atoms with Gasteiger partial charge in [-0.1, -0.05) is 37.6 Å². The van der Waals surface area contributed by atoms with Gasteiger partial charge in [-0.05, 0) is 43.0 Å². The molecule has 206 valence electrons. The summed E-state index contributed by atoms with van der Waals surface area (Å²) in [5, 5.41) is 8.25. The number of para-hydroxylation sites is 1. The smallest absolute Gasteiger partial charge is 0.222 e. The highest BCUT2D eigenvalue weighted by molar-refractivity contribution is 6.09. The van der Waals surface area contributed by atoms with E-state index in [1.165, 1.54) is 5.56 Å². The summed E-state index contributed by atoms with van der Waals surface area (Å²) in [7, 11) is 1.72. The summed E-state index contributed by atoms with van der Waals surface area (Å²) in [6.07, 6.45) is 4.08. The summed E-state index contributed by atoms with van der Waals surface area (Å²) < 4.78 is 8.06. The molecule has 4 aromatic rings. The molecular formula is C30H39N7O2. The maximum Gasteiger partial charge on any atom is 0.222 e. The molecule has 1 saturated heterocycles. The topological polar surface area (TPSA) is 110 Å². The van der Waals surface area contributed by atoms with Crippen molar-refractivity contribution in [3.63, 3.8) is 0 Å². The second-order valence-corrected chi connectivity index (χ2v) is 10.3.